The lowest BCUT2D eigenvalue weighted by Crippen LogP contribution is -2.32. The van der Waals surface area contributed by atoms with Gasteiger partial charge in [-0.25, -0.2) is 0 Å². The van der Waals surface area contributed by atoms with Crippen molar-refractivity contribution in [1.82, 2.24) is 0 Å². The van der Waals surface area contributed by atoms with Crippen molar-refractivity contribution in [3.05, 3.63) is 17.5 Å². The van der Waals surface area contributed by atoms with E-state index in [1.165, 1.54) is 11.3 Å². The van der Waals surface area contributed by atoms with Crippen LogP contribution >= 0.6 is 24.0 Å². The van der Waals surface area contributed by atoms with E-state index in [2.05, 4.69) is 12.6 Å². The highest BCUT2D eigenvalue weighted by atomic mass is 32.1. The fourth-order valence-electron chi connectivity index (χ4n) is 1.45. The summed E-state index contributed by atoms with van der Waals surface area (Å²) < 4.78 is 0.922. The summed E-state index contributed by atoms with van der Waals surface area (Å²) in [5.74, 6) is 0. The standard InChI is InChI=1S/C8H8BNO2S2/c10-5-3-6(13)8-4(1-2-14-8)7(5)9(11)12/h1-3,11-13H,10H2. The topological polar surface area (TPSA) is 66.5 Å². The summed E-state index contributed by atoms with van der Waals surface area (Å²) in [6.45, 7) is 0. The van der Waals surface area contributed by atoms with Crippen LogP contribution < -0.4 is 11.2 Å². The van der Waals surface area contributed by atoms with E-state index in [4.69, 9.17) is 15.8 Å². The van der Waals surface area contributed by atoms with Crippen molar-refractivity contribution in [2.75, 3.05) is 5.73 Å². The van der Waals surface area contributed by atoms with E-state index in [1.807, 2.05) is 11.4 Å². The molecule has 1 heterocycles. The monoisotopic (exact) mass is 225 g/mol. The summed E-state index contributed by atoms with van der Waals surface area (Å²) >= 11 is 5.77. The Kier molecular flexibility index (Phi) is 2.44. The molecule has 0 amide bonds. The Morgan fingerprint density at radius 1 is 1.43 bits per heavy atom. The minimum atomic E-state index is -1.54. The van der Waals surface area contributed by atoms with E-state index >= 15 is 0 Å². The number of benzene rings is 1. The minimum Gasteiger partial charge on any atom is -0.423 e. The number of hydrogen-bond donors (Lipinski definition) is 4. The zero-order chi connectivity index (χ0) is 10.3. The van der Waals surface area contributed by atoms with Gasteiger partial charge in [-0.05, 0) is 22.9 Å². The molecular formula is C8H8BNO2S2. The molecule has 6 heteroatoms. The molecule has 0 bridgehead atoms. The van der Waals surface area contributed by atoms with Gasteiger partial charge in [-0.3, -0.25) is 0 Å². The average molecular weight is 225 g/mol. The van der Waals surface area contributed by atoms with Gasteiger partial charge in [0.25, 0.3) is 0 Å². The highest BCUT2D eigenvalue weighted by Gasteiger charge is 2.19. The van der Waals surface area contributed by atoms with E-state index < -0.39 is 7.12 Å². The molecule has 0 saturated carbocycles. The van der Waals surface area contributed by atoms with Gasteiger partial charge < -0.3 is 15.8 Å². The van der Waals surface area contributed by atoms with Gasteiger partial charge in [0, 0.05) is 20.7 Å². The fourth-order valence-corrected chi connectivity index (χ4v) is 2.70. The Balaban J connectivity index is 2.86. The van der Waals surface area contributed by atoms with Crippen molar-refractivity contribution >= 4 is 52.3 Å². The SMILES string of the molecule is Nc1cc(S)c2sccc2c1B(O)O. The number of thiophene rings is 1. The molecule has 0 radical (unpaired) electrons. The molecule has 2 aromatic rings. The fraction of sp³-hybridized carbons (Fsp3) is 0. The first kappa shape index (κ1) is 9.85. The predicted octanol–water partition coefficient (Wildman–Crippen LogP) is 0.452. The largest absolute Gasteiger partial charge is 0.491 e. The summed E-state index contributed by atoms with van der Waals surface area (Å²) in [5.41, 5.74) is 6.40. The zero-order valence-electron chi connectivity index (χ0n) is 7.14. The van der Waals surface area contributed by atoms with Crippen LogP contribution in [-0.2, 0) is 0 Å². The molecule has 0 spiro atoms. The number of anilines is 1. The van der Waals surface area contributed by atoms with Crippen LogP contribution in [-0.4, -0.2) is 17.2 Å². The molecule has 3 nitrogen and oxygen atoms in total. The summed E-state index contributed by atoms with van der Waals surface area (Å²) in [4.78, 5) is 0.761. The molecule has 0 aliphatic heterocycles. The van der Waals surface area contributed by atoms with Crippen molar-refractivity contribution in [3.63, 3.8) is 0 Å². The van der Waals surface area contributed by atoms with Crippen molar-refractivity contribution in [2.45, 2.75) is 4.90 Å². The van der Waals surface area contributed by atoms with Crippen molar-refractivity contribution in [1.29, 1.82) is 0 Å². The lowest BCUT2D eigenvalue weighted by Gasteiger charge is -2.07. The molecule has 2 rings (SSSR count). The molecule has 1 aromatic carbocycles. The van der Waals surface area contributed by atoms with Gasteiger partial charge in [0.15, 0.2) is 0 Å². The molecule has 1 aromatic heterocycles. The Labute approximate surface area is 90.7 Å². The number of nitrogens with two attached hydrogens (primary N) is 1. The van der Waals surface area contributed by atoms with Crippen molar-refractivity contribution < 1.29 is 10.0 Å². The second kappa shape index (κ2) is 3.47. The van der Waals surface area contributed by atoms with E-state index in [9.17, 15) is 0 Å². The highest BCUT2D eigenvalue weighted by Crippen LogP contribution is 2.28. The molecule has 0 saturated heterocycles. The van der Waals surface area contributed by atoms with Gasteiger partial charge in [-0.1, -0.05) is 0 Å². The maximum atomic E-state index is 9.17. The highest BCUT2D eigenvalue weighted by molar-refractivity contribution is 7.80. The third kappa shape index (κ3) is 1.40. The third-order valence-corrected chi connectivity index (χ3v) is 3.50. The second-order valence-electron chi connectivity index (χ2n) is 2.94. The summed E-state index contributed by atoms with van der Waals surface area (Å²) in [7, 11) is -1.54. The van der Waals surface area contributed by atoms with Crippen LogP contribution in [0, 0.1) is 0 Å². The first-order valence-corrected chi connectivity index (χ1v) is 5.28. The number of fused-ring (bicyclic) bond motifs is 1. The lowest BCUT2D eigenvalue weighted by molar-refractivity contribution is 0.426. The van der Waals surface area contributed by atoms with Crippen LogP contribution in [0.4, 0.5) is 5.69 Å². The van der Waals surface area contributed by atoms with E-state index in [0.717, 1.165) is 15.0 Å². The number of hydrogen-bond acceptors (Lipinski definition) is 5. The van der Waals surface area contributed by atoms with Gasteiger partial charge in [0.1, 0.15) is 0 Å². The molecule has 0 unspecified atom stereocenters. The molecule has 72 valence electrons. The molecule has 0 aliphatic carbocycles. The molecular weight excluding hydrogens is 217 g/mol. The van der Waals surface area contributed by atoms with Crippen LogP contribution in [0.25, 0.3) is 10.1 Å². The lowest BCUT2D eigenvalue weighted by atomic mass is 9.77. The van der Waals surface area contributed by atoms with Gasteiger partial charge >= 0.3 is 7.12 Å². The van der Waals surface area contributed by atoms with Crippen LogP contribution in [0.2, 0.25) is 0 Å². The maximum Gasteiger partial charge on any atom is 0.491 e. The smallest absolute Gasteiger partial charge is 0.423 e. The average Bonchev–Trinajstić information content (AvgIpc) is 2.51. The number of rotatable bonds is 1. The molecule has 0 fully saturated rings. The van der Waals surface area contributed by atoms with Gasteiger partial charge in [0.2, 0.25) is 0 Å². The Morgan fingerprint density at radius 3 is 2.79 bits per heavy atom. The predicted molar refractivity (Wildman–Crippen MR) is 63.3 cm³/mol. The van der Waals surface area contributed by atoms with Crippen LogP contribution in [0.3, 0.4) is 0 Å². The number of thiol groups is 1. The molecule has 0 aliphatic rings. The van der Waals surface area contributed by atoms with Crippen LogP contribution in [0.15, 0.2) is 22.4 Å². The first-order valence-electron chi connectivity index (χ1n) is 3.96. The summed E-state index contributed by atoms with van der Waals surface area (Å²) in [5, 5.41) is 21.0. The molecule has 14 heavy (non-hydrogen) atoms. The summed E-state index contributed by atoms with van der Waals surface area (Å²) in [6.07, 6.45) is 0. The molecule has 4 N–H and O–H groups in total. The van der Waals surface area contributed by atoms with Gasteiger partial charge in [-0.15, -0.1) is 24.0 Å². The van der Waals surface area contributed by atoms with Crippen molar-refractivity contribution in [2.24, 2.45) is 0 Å². The van der Waals surface area contributed by atoms with Gasteiger partial charge in [0.05, 0.1) is 0 Å². The van der Waals surface area contributed by atoms with Crippen LogP contribution in [0.1, 0.15) is 0 Å². The van der Waals surface area contributed by atoms with E-state index in [0.29, 0.717) is 11.2 Å². The maximum absolute atomic E-state index is 9.17. The minimum absolute atomic E-state index is 0.357. The zero-order valence-corrected chi connectivity index (χ0v) is 8.85. The quantitative estimate of drug-likeness (QED) is 0.323. The normalized spacial score (nSPS) is 10.8. The Hall–Kier alpha value is -0.685. The van der Waals surface area contributed by atoms with E-state index in [-0.39, 0.29) is 0 Å². The van der Waals surface area contributed by atoms with Crippen LogP contribution in [0.5, 0.6) is 0 Å². The molecule has 0 atom stereocenters. The summed E-state index contributed by atoms with van der Waals surface area (Å²) in [6, 6.07) is 3.45. The third-order valence-electron chi connectivity index (χ3n) is 2.05. The number of nitrogen functional groups attached to an aromatic ring is 1. The Morgan fingerprint density at radius 2 is 2.14 bits per heavy atom. The van der Waals surface area contributed by atoms with E-state index in [1.54, 1.807) is 6.07 Å². The van der Waals surface area contributed by atoms with Crippen molar-refractivity contribution in [3.8, 4) is 0 Å². The first-order chi connectivity index (χ1) is 6.61. The Bertz CT molecular complexity index is 483. The second-order valence-corrected chi connectivity index (χ2v) is 4.33. The van der Waals surface area contributed by atoms with Gasteiger partial charge in [-0.2, -0.15) is 0 Å².